The van der Waals surface area contributed by atoms with Crippen LogP contribution in [-0.4, -0.2) is 94.8 Å². The van der Waals surface area contributed by atoms with Crippen LogP contribution in [-0.2, 0) is 0 Å². The maximum absolute atomic E-state index is 8.77. The first-order valence-corrected chi connectivity index (χ1v) is 2.89. The molecule has 0 bridgehead atoms. The Kier molecular flexibility index (Phi) is 16.8. The normalized spacial score (nSPS) is 16.8. The Hall–Kier alpha value is 1.49. The van der Waals surface area contributed by atoms with Crippen molar-refractivity contribution in [1.29, 1.82) is 0 Å². The van der Waals surface area contributed by atoms with Gasteiger partial charge in [0, 0.05) is 0 Å². The van der Waals surface area contributed by atoms with Gasteiger partial charge in [-0.25, -0.2) is 0 Å². The van der Waals surface area contributed by atoms with Gasteiger partial charge < -0.3 is 28.4 Å². The molecule has 0 aromatic carbocycles. The molecule has 0 aliphatic carbocycles. The molecular formula is C5H17CaO5P. The first-order valence-electron chi connectivity index (χ1n) is 2.89. The molecule has 0 rings (SSSR count). The molecule has 0 saturated heterocycles. The summed E-state index contributed by atoms with van der Waals surface area (Å²) in [7, 11) is 0. The van der Waals surface area contributed by atoms with Gasteiger partial charge in [0.15, 0.2) is 0 Å². The molecule has 12 heavy (non-hydrogen) atoms. The van der Waals surface area contributed by atoms with Crippen molar-refractivity contribution >= 4 is 47.6 Å². The summed E-state index contributed by atoms with van der Waals surface area (Å²) in [6.45, 7) is -1.28. The van der Waals surface area contributed by atoms with Crippen LogP contribution in [0, 0.1) is 0 Å². The van der Waals surface area contributed by atoms with Gasteiger partial charge in [-0.05, 0) is 0 Å². The van der Waals surface area contributed by atoms with E-state index < -0.39 is 31.5 Å². The molecule has 0 aromatic rings. The molecule has 0 fully saturated rings. The fourth-order valence-electron chi connectivity index (χ4n) is 0.472. The molecule has 5 nitrogen and oxygen atoms in total. The number of rotatable bonds is 4. The third-order valence-corrected chi connectivity index (χ3v) is 1.16. The summed E-state index contributed by atoms with van der Waals surface area (Å²) in [5, 5.41) is 42.6. The van der Waals surface area contributed by atoms with Crippen LogP contribution in [0.15, 0.2) is 0 Å². The van der Waals surface area contributed by atoms with Crippen molar-refractivity contribution in [2.45, 2.75) is 18.3 Å². The zero-order valence-corrected chi connectivity index (χ0v) is 10.4. The van der Waals surface area contributed by atoms with Crippen LogP contribution in [0.1, 0.15) is 2.85 Å². The van der Waals surface area contributed by atoms with Gasteiger partial charge >= 0.3 is 37.7 Å². The largest absolute Gasteiger partial charge is 2.00 e. The third-order valence-electron chi connectivity index (χ3n) is 1.16. The van der Waals surface area contributed by atoms with Crippen LogP contribution in [0.3, 0.4) is 0 Å². The number of hydrogen-bond donors (Lipinski definition) is 5. The van der Waals surface area contributed by atoms with Gasteiger partial charge in [-0.3, -0.25) is 0 Å². The van der Waals surface area contributed by atoms with Gasteiger partial charge in [0.2, 0.25) is 0 Å². The zero-order valence-electron chi connectivity index (χ0n) is 8.80. The molecule has 0 spiro atoms. The predicted molar refractivity (Wildman–Crippen MR) is 51.3 cm³/mol. The summed E-state index contributed by atoms with van der Waals surface area (Å²) in [5.41, 5.74) is 0. The van der Waals surface area contributed by atoms with Crippen molar-refractivity contribution < 1.29 is 28.4 Å². The zero-order chi connectivity index (χ0) is 8.15. The maximum atomic E-state index is 8.77. The van der Waals surface area contributed by atoms with Gasteiger partial charge in [0.25, 0.3) is 0 Å². The van der Waals surface area contributed by atoms with E-state index in [-0.39, 0.29) is 50.5 Å². The number of aliphatic hydroxyl groups is 5. The van der Waals surface area contributed by atoms with Gasteiger partial charge in [0.1, 0.15) is 18.3 Å². The van der Waals surface area contributed by atoms with E-state index in [1.807, 2.05) is 0 Å². The van der Waals surface area contributed by atoms with Crippen molar-refractivity contribution in [2.75, 3.05) is 13.2 Å². The van der Waals surface area contributed by atoms with Crippen LogP contribution < -0.4 is 0 Å². The van der Waals surface area contributed by atoms with Crippen molar-refractivity contribution in [3.63, 3.8) is 0 Å². The van der Waals surface area contributed by atoms with E-state index in [2.05, 4.69) is 0 Å². The van der Waals surface area contributed by atoms with Gasteiger partial charge in [-0.15, -0.1) is 0 Å². The van der Waals surface area contributed by atoms with Crippen LogP contribution in [0.25, 0.3) is 0 Å². The Bertz CT molecular complexity index is 94.2. The second-order valence-electron chi connectivity index (χ2n) is 1.99. The molecule has 3 unspecified atom stereocenters. The van der Waals surface area contributed by atoms with E-state index in [0.29, 0.717) is 0 Å². The Morgan fingerprint density at radius 1 is 0.917 bits per heavy atom. The van der Waals surface area contributed by atoms with Crippen LogP contribution in [0.2, 0.25) is 0 Å². The molecule has 5 N–H and O–H groups in total. The second kappa shape index (κ2) is 10.6. The molecule has 7 heteroatoms. The van der Waals surface area contributed by atoms with Crippen molar-refractivity contribution in [1.82, 2.24) is 0 Å². The van der Waals surface area contributed by atoms with E-state index in [0.717, 1.165) is 0 Å². The fourth-order valence-corrected chi connectivity index (χ4v) is 0.472. The van der Waals surface area contributed by atoms with E-state index >= 15 is 0 Å². The Morgan fingerprint density at radius 2 is 1.17 bits per heavy atom. The van der Waals surface area contributed by atoms with E-state index in [9.17, 15) is 0 Å². The van der Waals surface area contributed by atoms with Crippen LogP contribution in [0.4, 0.5) is 0 Å². The molecule has 0 saturated carbocycles. The van der Waals surface area contributed by atoms with Crippen molar-refractivity contribution in [3.8, 4) is 0 Å². The fraction of sp³-hybridized carbons (Fsp3) is 1.00. The summed E-state index contributed by atoms with van der Waals surface area (Å²) < 4.78 is 0. The van der Waals surface area contributed by atoms with Crippen LogP contribution in [0.5, 0.6) is 0 Å². The predicted octanol–water partition coefficient (Wildman–Crippen LogP) is -3.04. The Balaban J connectivity index is -0.0000000675. The molecule has 0 aromatic heterocycles. The smallest absolute Gasteiger partial charge is 1.00 e. The third kappa shape index (κ3) is 6.95. The Morgan fingerprint density at radius 3 is 1.33 bits per heavy atom. The monoisotopic (exact) mass is 228 g/mol. The number of aliphatic hydroxyl groups excluding tert-OH is 5. The average Bonchev–Trinajstić information content (AvgIpc) is 2.00. The van der Waals surface area contributed by atoms with E-state index in [4.69, 9.17) is 25.5 Å². The minimum absolute atomic E-state index is 0. The van der Waals surface area contributed by atoms with E-state index in [1.165, 1.54) is 0 Å². The molecule has 0 aliphatic rings. The van der Waals surface area contributed by atoms with Crippen molar-refractivity contribution in [3.05, 3.63) is 0 Å². The molecule has 74 valence electrons. The first-order chi connectivity index (χ1) is 4.63. The van der Waals surface area contributed by atoms with Crippen molar-refractivity contribution in [2.24, 2.45) is 0 Å². The average molecular weight is 228 g/mol. The van der Waals surface area contributed by atoms with Gasteiger partial charge in [0.05, 0.1) is 13.2 Å². The standard InChI is InChI=1S/C5H12O5.Ca.H3P.2H/c6-1-3(8)5(10)4(9)2-7;;;;/h3-10H,1-2H2;;1H3;;/q;+2;;2*-1. The molecular weight excluding hydrogens is 211 g/mol. The van der Waals surface area contributed by atoms with E-state index in [1.54, 1.807) is 0 Å². The molecule has 3 atom stereocenters. The summed E-state index contributed by atoms with van der Waals surface area (Å²) >= 11 is 0. The molecule has 0 amide bonds. The number of hydrogen-bond acceptors (Lipinski definition) is 5. The molecule has 0 radical (unpaired) electrons. The topological polar surface area (TPSA) is 101 Å². The molecule has 0 heterocycles. The Labute approximate surface area is 107 Å². The SMILES string of the molecule is OCC(O)C(O)C(O)CO.P.[Ca+2].[H-].[H-]. The first kappa shape index (κ1) is 19.1. The quantitative estimate of drug-likeness (QED) is 0.260. The maximum Gasteiger partial charge on any atom is 2.00 e. The minimum atomic E-state index is -1.49. The summed E-state index contributed by atoms with van der Waals surface area (Å²) in [4.78, 5) is 0. The van der Waals surface area contributed by atoms with Gasteiger partial charge in [-0.1, -0.05) is 0 Å². The summed E-state index contributed by atoms with van der Waals surface area (Å²) in [5.74, 6) is 0. The second-order valence-corrected chi connectivity index (χ2v) is 1.99. The van der Waals surface area contributed by atoms with Crippen LogP contribution >= 0.6 is 9.90 Å². The molecule has 0 aliphatic heterocycles. The minimum Gasteiger partial charge on any atom is -1.00 e. The van der Waals surface area contributed by atoms with Gasteiger partial charge in [-0.2, -0.15) is 9.90 Å². The summed E-state index contributed by atoms with van der Waals surface area (Å²) in [6, 6.07) is 0. The summed E-state index contributed by atoms with van der Waals surface area (Å²) in [6.07, 6.45) is -4.29.